The number of amides is 1. The van der Waals surface area contributed by atoms with E-state index in [1.807, 2.05) is 30.3 Å². The fourth-order valence-corrected chi connectivity index (χ4v) is 4.79. The summed E-state index contributed by atoms with van der Waals surface area (Å²) in [6, 6.07) is 10.8. The van der Waals surface area contributed by atoms with Gasteiger partial charge < -0.3 is 4.90 Å². The first-order valence-electron chi connectivity index (χ1n) is 8.75. The maximum absolute atomic E-state index is 12.7. The van der Waals surface area contributed by atoms with E-state index in [0.717, 1.165) is 18.4 Å². The summed E-state index contributed by atoms with van der Waals surface area (Å²) in [5, 5.41) is 6.51. The molecule has 2 aromatic rings. The highest BCUT2D eigenvalue weighted by Gasteiger charge is 2.30. The molecule has 1 aliphatic rings. The molecule has 8 heteroatoms. The molecule has 0 aliphatic carbocycles. The Morgan fingerprint density at radius 3 is 2.69 bits per heavy atom. The molecular weight excluding hydrogens is 352 g/mol. The van der Waals surface area contributed by atoms with E-state index in [1.54, 1.807) is 24.2 Å². The van der Waals surface area contributed by atoms with Crippen LogP contribution in [0.1, 0.15) is 35.3 Å². The van der Waals surface area contributed by atoms with Gasteiger partial charge in [0.05, 0.1) is 5.75 Å². The Balaban J connectivity index is 1.63. The van der Waals surface area contributed by atoms with Crippen molar-refractivity contribution in [2.24, 2.45) is 0 Å². The zero-order valence-electron chi connectivity index (χ0n) is 14.8. The van der Waals surface area contributed by atoms with Crippen LogP contribution in [0.5, 0.6) is 0 Å². The van der Waals surface area contributed by atoms with Gasteiger partial charge in [0, 0.05) is 32.4 Å². The van der Waals surface area contributed by atoms with Crippen molar-refractivity contribution < 1.29 is 13.2 Å². The summed E-state index contributed by atoms with van der Waals surface area (Å²) in [7, 11) is -1.75. The highest BCUT2D eigenvalue weighted by Crippen LogP contribution is 2.21. The van der Waals surface area contributed by atoms with Crippen LogP contribution in [0, 0.1) is 0 Å². The van der Waals surface area contributed by atoms with Crippen LogP contribution >= 0.6 is 0 Å². The average Bonchev–Trinajstić information content (AvgIpc) is 3.06. The fourth-order valence-electron chi connectivity index (χ4n) is 3.30. The lowest BCUT2D eigenvalue weighted by Crippen LogP contribution is -2.39. The van der Waals surface area contributed by atoms with Gasteiger partial charge in [-0.1, -0.05) is 30.3 Å². The molecule has 0 radical (unpaired) electrons. The number of nitrogens with zero attached hydrogens (tertiary/aromatic N) is 3. The van der Waals surface area contributed by atoms with E-state index in [1.165, 1.54) is 4.31 Å². The van der Waals surface area contributed by atoms with Crippen LogP contribution < -0.4 is 0 Å². The lowest BCUT2D eigenvalue weighted by molar-refractivity contribution is 0.0754. The van der Waals surface area contributed by atoms with Crippen LogP contribution in [-0.2, 0) is 15.8 Å². The van der Waals surface area contributed by atoms with Crippen molar-refractivity contribution in [1.82, 2.24) is 19.4 Å². The molecule has 1 aromatic heterocycles. The van der Waals surface area contributed by atoms with E-state index in [2.05, 4.69) is 10.2 Å². The number of benzene rings is 1. The van der Waals surface area contributed by atoms with Gasteiger partial charge in [-0.05, 0) is 30.9 Å². The number of nitrogens with one attached hydrogen (secondary N) is 1. The van der Waals surface area contributed by atoms with Crippen LogP contribution in [0.3, 0.4) is 0 Å². The normalized spacial score (nSPS) is 18.7. The number of sulfonamides is 1. The molecular formula is C18H24N4O3S. The van der Waals surface area contributed by atoms with Gasteiger partial charge in [-0.25, -0.2) is 12.7 Å². The molecule has 1 aliphatic heterocycles. The quantitative estimate of drug-likeness (QED) is 0.863. The zero-order chi connectivity index (χ0) is 18.6. The number of carbonyl (C=O) groups excluding carboxylic acids is 1. The Bertz CT molecular complexity index is 821. The molecule has 1 saturated heterocycles. The zero-order valence-corrected chi connectivity index (χ0v) is 15.7. The minimum absolute atomic E-state index is 0.00235. The SMILES string of the molecule is CN([C@H]1CCCN(C(=O)c2ccn[nH]2)CC1)S(=O)(=O)Cc1ccccc1. The summed E-state index contributed by atoms with van der Waals surface area (Å²) in [5.74, 6) is -0.0876. The predicted octanol–water partition coefficient (Wildman–Crippen LogP) is 1.87. The smallest absolute Gasteiger partial charge is 0.271 e. The Kier molecular flexibility index (Phi) is 5.73. The Labute approximate surface area is 154 Å². The summed E-state index contributed by atoms with van der Waals surface area (Å²) in [6.45, 7) is 1.16. The highest BCUT2D eigenvalue weighted by atomic mass is 32.2. The number of rotatable bonds is 5. The second kappa shape index (κ2) is 8.01. The van der Waals surface area contributed by atoms with Gasteiger partial charge in [-0.15, -0.1) is 0 Å². The van der Waals surface area contributed by atoms with E-state index in [9.17, 15) is 13.2 Å². The molecule has 1 N–H and O–H groups in total. The third-order valence-electron chi connectivity index (χ3n) is 4.86. The van der Waals surface area contributed by atoms with E-state index in [0.29, 0.717) is 25.2 Å². The molecule has 0 saturated carbocycles. The molecule has 1 fully saturated rings. The summed E-state index contributed by atoms with van der Waals surface area (Å²) in [6.07, 6.45) is 3.70. The number of aromatic nitrogens is 2. The number of carbonyl (C=O) groups is 1. The Morgan fingerprint density at radius 2 is 2.00 bits per heavy atom. The maximum Gasteiger partial charge on any atom is 0.271 e. The number of H-pyrrole nitrogens is 1. The molecule has 0 spiro atoms. The molecule has 140 valence electrons. The molecule has 26 heavy (non-hydrogen) atoms. The lowest BCUT2D eigenvalue weighted by atomic mass is 10.1. The van der Waals surface area contributed by atoms with Gasteiger partial charge in [-0.2, -0.15) is 5.10 Å². The average molecular weight is 376 g/mol. The van der Waals surface area contributed by atoms with Gasteiger partial charge in [0.2, 0.25) is 10.0 Å². The topological polar surface area (TPSA) is 86.4 Å². The van der Waals surface area contributed by atoms with Crippen molar-refractivity contribution in [3.8, 4) is 0 Å². The van der Waals surface area contributed by atoms with Gasteiger partial charge in [0.25, 0.3) is 5.91 Å². The third-order valence-corrected chi connectivity index (χ3v) is 6.73. The van der Waals surface area contributed by atoms with Crippen molar-refractivity contribution in [1.29, 1.82) is 0 Å². The summed E-state index contributed by atoms with van der Waals surface area (Å²) in [5.41, 5.74) is 1.25. The molecule has 1 aromatic carbocycles. The predicted molar refractivity (Wildman–Crippen MR) is 99.0 cm³/mol. The summed E-state index contributed by atoms with van der Waals surface area (Å²) in [4.78, 5) is 14.2. The molecule has 0 bridgehead atoms. The van der Waals surface area contributed by atoms with Gasteiger partial charge in [-0.3, -0.25) is 9.89 Å². The van der Waals surface area contributed by atoms with E-state index >= 15 is 0 Å². The van der Waals surface area contributed by atoms with Crippen molar-refractivity contribution in [3.05, 3.63) is 53.9 Å². The number of aromatic amines is 1. The van der Waals surface area contributed by atoms with Gasteiger partial charge in [0.1, 0.15) is 5.69 Å². The van der Waals surface area contributed by atoms with E-state index in [-0.39, 0.29) is 17.7 Å². The maximum atomic E-state index is 12.7. The second-order valence-corrected chi connectivity index (χ2v) is 8.63. The minimum Gasteiger partial charge on any atom is -0.337 e. The highest BCUT2D eigenvalue weighted by molar-refractivity contribution is 7.88. The van der Waals surface area contributed by atoms with Crippen LogP contribution in [-0.4, -0.2) is 59.9 Å². The molecule has 3 rings (SSSR count). The molecule has 1 amide bonds. The van der Waals surface area contributed by atoms with Crippen LogP contribution in [0.4, 0.5) is 0 Å². The Hall–Kier alpha value is -2.19. The van der Waals surface area contributed by atoms with Gasteiger partial charge >= 0.3 is 0 Å². The molecule has 2 heterocycles. The van der Waals surface area contributed by atoms with Crippen molar-refractivity contribution in [2.45, 2.75) is 31.1 Å². The summed E-state index contributed by atoms with van der Waals surface area (Å²) < 4.78 is 27.0. The largest absolute Gasteiger partial charge is 0.337 e. The first-order chi connectivity index (χ1) is 12.5. The van der Waals surface area contributed by atoms with Crippen LogP contribution in [0.15, 0.2) is 42.6 Å². The second-order valence-electron chi connectivity index (χ2n) is 6.61. The molecule has 0 unspecified atom stereocenters. The number of hydrogen-bond donors (Lipinski definition) is 1. The number of likely N-dealkylation sites (tertiary alicyclic amines) is 1. The first-order valence-corrected chi connectivity index (χ1v) is 10.4. The molecule has 7 nitrogen and oxygen atoms in total. The fraction of sp³-hybridized carbons (Fsp3) is 0.444. The monoisotopic (exact) mass is 376 g/mol. The first kappa shape index (κ1) is 18.6. The summed E-state index contributed by atoms with van der Waals surface area (Å²) >= 11 is 0. The standard InChI is InChI=1S/C18H24N4O3S/c1-21(26(24,25)14-15-6-3-2-4-7-15)16-8-5-12-22(13-10-16)18(23)17-9-11-19-20-17/h2-4,6-7,9,11,16H,5,8,10,12-14H2,1H3,(H,19,20)/t16-/m0/s1. The van der Waals surface area contributed by atoms with E-state index < -0.39 is 10.0 Å². The Morgan fingerprint density at radius 1 is 1.23 bits per heavy atom. The van der Waals surface area contributed by atoms with Crippen molar-refractivity contribution >= 4 is 15.9 Å². The third kappa shape index (κ3) is 4.31. The van der Waals surface area contributed by atoms with Crippen LogP contribution in [0.25, 0.3) is 0 Å². The van der Waals surface area contributed by atoms with E-state index in [4.69, 9.17) is 0 Å². The van der Waals surface area contributed by atoms with Crippen molar-refractivity contribution in [2.75, 3.05) is 20.1 Å². The van der Waals surface area contributed by atoms with Crippen molar-refractivity contribution in [3.63, 3.8) is 0 Å². The lowest BCUT2D eigenvalue weighted by Gasteiger charge is -2.26. The number of hydrogen-bond acceptors (Lipinski definition) is 4. The van der Waals surface area contributed by atoms with Crippen LogP contribution in [0.2, 0.25) is 0 Å². The van der Waals surface area contributed by atoms with Gasteiger partial charge in [0.15, 0.2) is 0 Å². The molecule has 1 atom stereocenters. The minimum atomic E-state index is -3.40.